The number of aliphatic imine (C=N–C) groups is 1. The average Bonchev–Trinajstić information content (AvgIpc) is 3.09. The summed E-state index contributed by atoms with van der Waals surface area (Å²) < 4.78 is 44.5. The Morgan fingerprint density at radius 2 is 1.79 bits per heavy atom. The zero-order chi connectivity index (χ0) is 20.6. The highest BCUT2D eigenvalue weighted by Crippen LogP contribution is 2.33. The standard InChI is InChI=1S/C22H24F3N3O/c1-27(2)18-9-11-28(14-18)21-19-13-16(5-8-20(19)29-12-10-26-21)15-3-6-17(7-4-15)22(23,24)25/h3-8,13,18H,9-12,14H2,1-2H3/t18-/m1/s1. The van der Waals surface area contributed by atoms with Crippen LogP contribution >= 0.6 is 0 Å². The molecule has 0 radical (unpaired) electrons. The van der Waals surface area contributed by atoms with Crippen LogP contribution in [-0.4, -0.2) is 62.0 Å². The largest absolute Gasteiger partial charge is 0.491 e. The van der Waals surface area contributed by atoms with Crippen molar-refractivity contribution in [1.82, 2.24) is 9.80 Å². The molecule has 29 heavy (non-hydrogen) atoms. The van der Waals surface area contributed by atoms with E-state index < -0.39 is 11.7 Å². The molecule has 4 rings (SSSR count). The number of ether oxygens (including phenoxy) is 1. The molecule has 154 valence electrons. The van der Waals surface area contributed by atoms with Gasteiger partial charge in [0.05, 0.1) is 17.7 Å². The van der Waals surface area contributed by atoms with Crippen molar-refractivity contribution in [2.24, 2.45) is 4.99 Å². The molecular formula is C22H24F3N3O. The third-order valence-corrected chi connectivity index (χ3v) is 5.57. The number of hydrogen-bond acceptors (Lipinski definition) is 4. The Morgan fingerprint density at radius 1 is 1.07 bits per heavy atom. The first-order valence-corrected chi connectivity index (χ1v) is 9.73. The maximum absolute atomic E-state index is 12.9. The van der Waals surface area contributed by atoms with Gasteiger partial charge in [-0.3, -0.25) is 4.99 Å². The first-order chi connectivity index (χ1) is 13.8. The number of likely N-dealkylation sites (tertiary alicyclic amines) is 1. The fourth-order valence-electron chi connectivity index (χ4n) is 3.88. The van der Waals surface area contributed by atoms with Crippen molar-refractivity contribution >= 4 is 5.84 Å². The first-order valence-electron chi connectivity index (χ1n) is 9.73. The van der Waals surface area contributed by atoms with E-state index in [0.29, 0.717) is 19.2 Å². The van der Waals surface area contributed by atoms with E-state index in [2.05, 4.69) is 23.9 Å². The van der Waals surface area contributed by atoms with E-state index in [0.717, 1.165) is 59.9 Å². The number of benzene rings is 2. The molecule has 7 heteroatoms. The maximum Gasteiger partial charge on any atom is 0.416 e. The van der Waals surface area contributed by atoms with Gasteiger partial charge in [-0.15, -0.1) is 0 Å². The number of amidine groups is 1. The summed E-state index contributed by atoms with van der Waals surface area (Å²) in [5.74, 6) is 1.68. The lowest BCUT2D eigenvalue weighted by atomic mass is 10.00. The summed E-state index contributed by atoms with van der Waals surface area (Å²) in [4.78, 5) is 9.29. The van der Waals surface area contributed by atoms with E-state index in [9.17, 15) is 13.2 Å². The van der Waals surface area contributed by atoms with Gasteiger partial charge < -0.3 is 14.5 Å². The minimum atomic E-state index is -4.33. The number of fused-ring (bicyclic) bond motifs is 1. The second-order valence-electron chi connectivity index (χ2n) is 7.69. The summed E-state index contributed by atoms with van der Waals surface area (Å²) in [7, 11) is 4.17. The average molecular weight is 403 g/mol. The molecule has 0 unspecified atom stereocenters. The summed E-state index contributed by atoms with van der Waals surface area (Å²) in [6, 6.07) is 11.5. The van der Waals surface area contributed by atoms with Gasteiger partial charge in [0.2, 0.25) is 0 Å². The van der Waals surface area contributed by atoms with Gasteiger partial charge in [-0.2, -0.15) is 13.2 Å². The molecule has 1 saturated heterocycles. The van der Waals surface area contributed by atoms with Crippen molar-refractivity contribution in [3.63, 3.8) is 0 Å². The fraction of sp³-hybridized carbons (Fsp3) is 0.409. The Hall–Kier alpha value is -2.54. The van der Waals surface area contributed by atoms with Crippen LogP contribution in [0.1, 0.15) is 17.5 Å². The maximum atomic E-state index is 12.9. The van der Waals surface area contributed by atoms with Gasteiger partial charge in [-0.1, -0.05) is 18.2 Å². The van der Waals surface area contributed by atoms with Crippen molar-refractivity contribution in [1.29, 1.82) is 0 Å². The van der Waals surface area contributed by atoms with Gasteiger partial charge in [-0.25, -0.2) is 0 Å². The Bertz CT molecular complexity index is 907. The Labute approximate surface area is 168 Å². The van der Waals surface area contributed by atoms with Crippen LogP contribution < -0.4 is 4.74 Å². The third kappa shape index (κ3) is 4.10. The molecule has 2 aromatic rings. The van der Waals surface area contributed by atoms with E-state index in [-0.39, 0.29) is 0 Å². The molecule has 0 aromatic heterocycles. The molecule has 1 atom stereocenters. The molecule has 2 aromatic carbocycles. The Balaban J connectivity index is 1.67. The highest BCUT2D eigenvalue weighted by molar-refractivity contribution is 6.02. The normalized spacial score (nSPS) is 19.6. The molecule has 1 fully saturated rings. The lowest BCUT2D eigenvalue weighted by Crippen LogP contribution is -2.35. The van der Waals surface area contributed by atoms with E-state index in [1.54, 1.807) is 0 Å². The van der Waals surface area contributed by atoms with Crippen LogP contribution in [0.15, 0.2) is 47.5 Å². The number of nitrogens with zero attached hydrogens (tertiary/aromatic N) is 3. The van der Waals surface area contributed by atoms with Crippen molar-refractivity contribution in [2.75, 3.05) is 40.3 Å². The number of rotatable bonds is 2. The molecule has 2 aliphatic rings. The van der Waals surface area contributed by atoms with E-state index in [4.69, 9.17) is 9.73 Å². The van der Waals surface area contributed by atoms with Crippen molar-refractivity contribution in [3.05, 3.63) is 53.6 Å². The molecule has 4 nitrogen and oxygen atoms in total. The second kappa shape index (κ2) is 7.71. The quantitative estimate of drug-likeness (QED) is 0.754. The van der Waals surface area contributed by atoms with Crippen molar-refractivity contribution in [3.8, 4) is 16.9 Å². The summed E-state index contributed by atoms with van der Waals surface area (Å²) in [5, 5.41) is 0. The zero-order valence-corrected chi connectivity index (χ0v) is 16.5. The number of likely N-dealkylation sites (N-methyl/N-ethyl adjacent to an activating group) is 1. The number of alkyl halides is 3. The van der Waals surface area contributed by atoms with E-state index in [1.165, 1.54) is 12.1 Å². The molecule has 2 heterocycles. The van der Waals surface area contributed by atoms with Crippen molar-refractivity contribution in [2.45, 2.75) is 18.6 Å². The van der Waals surface area contributed by atoms with Crippen LogP contribution in [0.25, 0.3) is 11.1 Å². The number of hydrogen-bond donors (Lipinski definition) is 0. The van der Waals surface area contributed by atoms with E-state index in [1.807, 2.05) is 18.2 Å². The first kappa shape index (κ1) is 19.8. The summed E-state index contributed by atoms with van der Waals surface area (Å²) in [6.45, 7) is 2.92. The molecule has 0 saturated carbocycles. The van der Waals surface area contributed by atoms with Gasteiger partial charge in [0.1, 0.15) is 18.2 Å². The van der Waals surface area contributed by atoms with Gasteiger partial charge >= 0.3 is 6.18 Å². The van der Waals surface area contributed by atoms with Crippen LogP contribution in [-0.2, 0) is 6.18 Å². The minimum absolute atomic E-state index is 0.475. The SMILES string of the molecule is CN(C)[C@@H]1CCN(C2=NCCOc3ccc(-c4ccc(C(F)(F)F)cc4)cc32)C1. The predicted molar refractivity (Wildman–Crippen MR) is 107 cm³/mol. The minimum Gasteiger partial charge on any atom is -0.491 e. The van der Waals surface area contributed by atoms with Gasteiger partial charge in [0, 0.05) is 19.1 Å². The molecule has 0 spiro atoms. The van der Waals surface area contributed by atoms with Crippen LogP contribution in [0.4, 0.5) is 13.2 Å². The topological polar surface area (TPSA) is 28.1 Å². The van der Waals surface area contributed by atoms with Gasteiger partial charge in [-0.05, 0) is 55.9 Å². The molecule has 2 aliphatic heterocycles. The number of halogens is 3. The molecular weight excluding hydrogens is 379 g/mol. The molecule has 0 aliphatic carbocycles. The molecule has 0 amide bonds. The molecule has 0 N–H and O–H groups in total. The predicted octanol–water partition coefficient (Wildman–Crippen LogP) is 4.15. The Kier molecular flexibility index (Phi) is 5.25. The highest BCUT2D eigenvalue weighted by atomic mass is 19.4. The monoisotopic (exact) mass is 403 g/mol. The van der Waals surface area contributed by atoms with Crippen LogP contribution in [0.2, 0.25) is 0 Å². The van der Waals surface area contributed by atoms with Gasteiger partial charge in [0.15, 0.2) is 0 Å². The summed E-state index contributed by atoms with van der Waals surface area (Å²) in [5.41, 5.74) is 1.84. The molecule has 0 bridgehead atoms. The zero-order valence-electron chi connectivity index (χ0n) is 16.5. The second-order valence-corrected chi connectivity index (χ2v) is 7.69. The highest BCUT2D eigenvalue weighted by Gasteiger charge is 2.31. The van der Waals surface area contributed by atoms with Crippen LogP contribution in [0.3, 0.4) is 0 Å². The fourth-order valence-corrected chi connectivity index (χ4v) is 3.88. The smallest absolute Gasteiger partial charge is 0.416 e. The van der Waals surface area contributed by atoms with Crippen LogP contribution in [0, 0.1) is 0 Å². The van der Waals surface area contributed by atoms with Crippen molar-refractivity contribution < 1.29 is 17.9 Å². The van der Waals surface area contributed by atoms with Crippen LogP contribution in [0.5, 0.6) is 5.75 Å². The summed E-state index contributed by atoms with van der Waals surface area (Å²) >= 11 is 0. The third-order valence-electron chi connectivity index (χ3n) is 5.57. The Morgan fingerprint density at radius 3 is 2.45 bits per heavy atom. The summed E-state index contributed by atoms with van der Waals surface area (Å²) in [6.07, 6.45) is -3.26. The van der Waals surface area contributed by atoms with E-state index >= 15 is 0 Å². The van der Waals surface area contributed by atoms with Gasteiger partial charge in [0.25, 0.3) is 0 Å². The lowest BCUT2D eigenvalue weighted by Gasteiger charge is -2.24. The lowest BCUT2D eigenvalue weighted by molar-refractivity contribution is -0.137.